The third-order valence-corrected chi connectivity index (χ3v) is 8.39. The van der Waals surface area contributed by atoms with Crippen LogP contribution in [0.1, 0.15) is 39.5 Å². The zero-order valence-corrected chi connectivity index (χ0v) is 15.6. The topological polar surface area (TPSA) is 88.7 Å². The van der Waals surface area contributed by atoms with Gasteiger partial charge in [0.25, 0.3) is 0 Å². The van der Waals surface area contributed by atoms with Crippen molar-refractivity contribution in [1.29, 1.82) is 0 Å². The fourth-order valence-corrected chi connectivity index (χ4v) is 6.85. The van der Waals surface area contributed by atoms with E-state index in [0.717, 1.165) is 24.0 Å². The Labute approximate surface area is 157 Å². The molecule has 3 aliphatic carbocycles. The summed E-state index contributed by atoms with van der Waals surface area (Å²) in [6.07, 6.45) is 4.55. The maximum absolute atomic E-state index is 13.5. The number of carbonyl (C=O) groups excluding carboxylic acids is 2. The maximum Gasteiger partial charge on any atom is 0.334 e. The van der Waals surface area contributed by atoms with Gasteiger partial charge in [-0.25, -0.2) is 4.79 Å². The number of ketones is 1. The minimum Gasteiger partial charge on any atom is -0.458 e. The van der Waals surface area contributed by atoms with Crippen molar-refractivity contribution in [2.24, 2.45) is 17.3 Å². The summed E-state index contributed by atoms with van der Waals surface area (Å²) in [4.78, 5) is 25.6. The van der Waals surface area contributed by atoms with Crippen LogP contribution in [-0.4, -0.2) is 53.5 Å². The van der Waals surface area contributed by atoms with Crippen LogP contribution in [0, 0.1) is 17.3 Å². The number of epoxide rings is 2. The normalized spacial score (nSPS) is 49.9. The second-order valence-electron chi connectivity index (χ2n) is 9.14. The number of carbonyl (C=O) groups is 2. The minimum atomic E-state index is -0.892. The van der Waals surface area contributed by atoms with Crippen molar-refractivity contribution >= 4 is 11.8 Å². The van der Waals surface area contributed by atoms with E-state index in [0.29, 0.717) is 25.0 Å². The lowest BCUT2D eigenvalue weighted by molar-refractivity contribution is -0.136. The van der Waals surface area contributed by atoms with Crippen molar-refractivity contribution in [2.75, 3.05) is 13.2 Å². The number of hydrogen-bond donors (Lipinski definition) is 1. The van der Waals surface area contributed by atoms with E-state index in [1.165, 1.54) is 0 Å². The summed E-state index contributed by atoms with van der Waals surface area (Å²) < 4.78 is 17.9. The molecule has 6 heteroatoms. The molecule has 0 bridgehead atoms. The number of Topliss-reactive ketones (excluding diaryl/α,β-unsaturated/α-hetero) is 1. The highest BCUT2D eigenvalue weighted by molar-refractivity contribution is 6.08. The Kier molecular flexibility index (Phi) is 2.88. The summed E-state index contributed by atoms with van der Waals surface area (Å²) in [7, 11) is 0. The molecule has 0 aromatic carbocycles. The minimum absolute atomic E-state index is 0.0142. The molecule has 6 rings (SSSR count). The van der Waals surface area contributed by atoms with E-state index in [1.54, 1.807) is 0 Å². The number of cyclic esters (lactones) is 1. The van der Waals surface area contributed by atoms with Gasteiger partial charge in [-0.3, -0.25) is 4.79 Å². The number of hydrogen-bond acceptors (Lipinski definition) is 6. The average molecular weight is 372 g/mol. The Morgan fingerprint density at radius 1 is 1.33 bits per heavy atom. The number of aliphatic hydroxyl groups excluding tert-OH is 1. The fourth-order valence-electron chi connectivity index (χ4n) is 6.85. The third kappa shape index (κ3) is 1.55. The summed E-state index contributed by atoms with van der Waals surface area (Å²) in [5.74, 6) is -0.172. The third-order valence-electron chi connectivity index (χ3n) is 8.39. The van der Waals surface area contributed by atoms with E-state index >= 15 is 0 Å². The molecule has 6 nitrogen and oxygen atoms in total. The molecule has 27 heavy (non-hydrogen) atoms. The number of rotatable bonds is 3. The summed E-state index contributed by atoms with van der Waals surface area (Å²) in [6, 6.07) is 0. The monoisotopic (exact) mass is 372 g/mol. The second kappa shape index (κ2) is 4.73. The van der Waals surface area contributed by atoms with E-state index in [-0.39, 0.29) is 47.8 Å². The summed E-state index contributed by atoms with van der Waals surface area (Å²) in [6.45, 7) is 4.52. The Balaban J connectivity index is 1.47. The predicted molar refractivity (Wildman–Crippen MR) is 92.6 cm³/mol. The molecule has 1 N–H and O–H groups in total. The molecule has 3 aliphatic heterocycles. The fraction of sp³-hybridized carbons (Fsp3) is 0.714. The first kappa shape index (κ1) is 16.5. The first-order chi connectivity index (χ1) is 12.9. The van der Waals surface area contributed by atoms with Gasteiger partial charge >= 0.3 is 5.97 Å². The van der Waals surface area contributed by atoms with Gasteiger partial charge in [-0.15, -0.1) is 0 Å². The smallest absolute Gasteiger partial charge is 0.334 e. The van der Waals surface area contributed by atoms with Crippen LogP contribution in [0.2, 0.25) is 0 Å². The second-order valence-corrected chi connectivity index (χ2v) is 9.14. The average Bonchev–Trinajstić information content (AvgIpc) is 3.53. The summed E-state index contributed by atoms with van der Waals surface area (Å²) in [5.41, 5.74) is 0.839. The number of ether oxygens (including phenoxy) is 3. The molecule has 0 amide bonds. The number of esters is 1. The molecule has 2 spiro atoms. The Morgan fingerprint density at radius 2 is 2.15 bits per heavy atom. The molecule has 1 saturated carbocycles. The van der Waals surface area contributed by atoms with Crippen LogP contribution in [-0.2, 0) is 23.8 Å². The first-order valence-electron chi connectivity index (χ1n) is 10.1. The lowest BCUT2D eigenvalue weighted by Crippen LogP contribution is -2.63. The molecular weight excluding hydrogens is 348 g/mol. The van der Waals surface area contributed by atoms with Gasteiger partial charge in [0, 0.05) is 22.5 Å². The summed E-state index contributed by atoms with van der Waals surface area (Å²) in [5, 5.41) is 9.73. The van der Waals surface area contributed by atoms with E-state index < -0.39 is 11.2 Å². The first-order valence-corrected chi connectivity index (χ1v) is 10.1. The lowest BCUT2D eigenvalue weighted by Gasteiger charge is -2.51. The molecule has 144 valence electrons. The Hall–Kier alpha value is -1.50. The van der Waals surface area contributed by atoms with E-state index in [2.05, 4.69) is 6.92 Å². The van der Waals surface area contributed by atoms with Gasteiger partial charge in [0.2, 0.25) is 0 Å². The van der Waals surface area contributed by atoms with Crippen molar-refractivity contribution < 1.29 is 28.9 Å². The highest BCUT2D eigenvalue weighted by atomic mass is 16.7. The Morgan fingerprint density at radius 3 is 2.89 bits per heavy atom. The van der Waals surface area contributed by atoms with Crippen LogP contribution < -0.4 is 0 Å². The predicted octanol–water partition coefficient (Wildman–Crippen LogP) is 1.46. The van der Waals surface area contributed by atoms with Crippen molar-refractivity contribution in [3.63, 3.8) is 0 Å². The van der Waals surface area contributed by atoms with E-state index in [4.69, 9.17) is 14.2 Å². The molecule has 0 aromatic rings. The molecule has 0 unspecified atom stereocenters. The maximum atomic E-state index is 13.5. The van der Waals surface area contributed by atoms with Crippen LogP contribution in [0.3, 0.4) is 0 Å². The number of aliphatic hydroxyl groups is 1. The highest BCUT2D eigenvalue weighted by Gasteiger charge is 2.92. The molecule has 0 radical (unpaired) electrons. The van der Waals surface area contributed by atoms with Crippen LogP contribution in [0.15, 0.2) is 22.8 Å². The van der Waals surface area contributed by atoms with Crippen LogP contribution in [0.25, 0.3) is 0 Å². The molecular formula is C21H24O6. The molecule has 3 heterocycles. The molecule has 0 aromatic heterocycles. The van der Waals surface area contributed by atoms with E-state index in [1.807, 2.05) is 13.0 Å². The van der Waals surface area contributed by atoms with Gasteiger partial charge in [0.1, 0.15) is 18.3 Å². The zero-order chi connectivity index (χ0) is 18.8. The lowest BCUT2D eigenvalue weighted by atomic mass is 9.48. The molecule has 2 saturated heterocycles. The molecule has 3 fully saturated rings. The highest BCUT2D eigenvalue weighted by Crippen LogP contribution is 2.77. The van der Waals surface area contributed by atoms with Gasteiger partial charge in [-0.05, 0) is 43.3 Å². The van der Waals surface area contributed by atoms with Crippen LogP contribution in [0.4, 0.5) is 0 Å². The van der Waals surface area contributed by atoms with Crippen molar-refractivity contribution in [2.45, 2.75) is 62.9 Å². The SMILES string of the molecule is CC[C@H](CO)C1=C[C@@H]2O[C@@]23[C@@]2(C)CCC4=C(COC4=O)[C@@H]2C[C@@H]2O[C@@]23C1=O. The Bertz CT molecular complexity index is 853. The van der Waals surface area contributed by atoms with Crippen molar-refractivity contribution in [3.8, 4) is 0 Å². The van der Waals surface area contributed by atoms with Crippen LogP contribution in [0.5, 0.6) is 0 Å². The van der Waals surface area contributed by atoms with Gasteiger partial charge in [0.15, 0.2) is 11.4 Å². The van der Waals surface area contributed by atoms with Gasteiger partial charge in [0.05, 0.1) is 12.7 Å². The van der Waals surface area contributed by atoms with E-state index in [9.17, 15) is 14.7 Å². The van der Waals surface area contributed by atoms with Gasteiger partial charge in [-0.2, -0.15) is 0 Å². The van der Waals surface area contributed by atoms with Crippen molar-refractivity contribution in [1.82, 2.24) is 0 Å². The molecule has 7 atom stereocenters. The zero-order valence-electron chi connectivity index (χ0n) is 15.6. The standard InChI is InChI=1S/C21H24O6/c1-3-10(8-22)12-6-16-21(27-16)19(2)5-4-11-13(9-25-18(11)24)14(19)7-15-20(21,26-15)17(12)23/h6,10,14-16,22H,3-5,7-9H2,1-2H3/t10-,14+,15+,16+,19+,20-,21-/m1/s1. The van der Waals surface area contributed by atoms with Gasteiger partial charge in [-0.1, -0.05) is 13.8 Å². The molecule has 6 aliphatic rings. The van der Waals surface area contributed by atoms with Gasteiger partial charge < -0.3 is 19.3 Å². The quantitative estimate of drug-likeness (QED) is 0.596. The van der Waals surface area contributed by atoms with Crippen molar-refractivity contribution in [3.05, 3.63) is 22.8 Å². The number of fused-ring (bicyclic) bond motifs is 2. The largest absolute Gasteiger partial charge is 0.458 e. The van der Waals surface area contributed by atoms with Crippen LogP contribution >= 0.6 is 0 Å². The summed E-state index contributed by atoms with van der Waals surface area (Å²) >= 11 is 0.